The van der Waals surface area contributed by atoms with Crippen molar-refractivity contribution in [1.29, 1.82) is 0 Å². The molecule has 2 rings (SSSR count). The van der Waals surface area contributed by atoms with Gasteiger partial charge in [-0.2, -0.15) is 0 Å². The molecule has 0 aliphatic heterocycles. The van der Waals surface area contributed by atoms with Gasteiger partial charge >= 0.3 is 5.97 Å². The molecule has 2 aromatic carbocycles. The Bertz CT molecular complexity index is 778. The van der Waals surface area contributed by atoms with Gasteiger partial charge in [0, 0.05) is 12.8 Å². The van der Waals surface area contributed by atoms with Crippen LogP contribution in [-0.4, -0.2) is 30.1 Å². The van der Waals surface area contributed by atoms with Gasteiger partial charge in [-0.05, 0) is 41.8 Å². The first-order chi connectivity index (χ1) is 12.4. The molecule has 1 unspecified atom stereocenters. The third-order valence-corrected chi connectivity index (χ3v) is 4.60. The summed E-state index contributed by atoms with van der Waals surface area (Å²) in [5, 5.41) is 12.8. The summed E-state index contributed by atoms with van der Waals surface area (Å²) >= 11 is 11.8. The van der Waals surface area contributed by atoms with E-state index in [2.05, 4.69) is 5.32 Å². The molecule has 138 valence electrons. The second kappa shape index (κ2) is 9.46. The zero-order chi connectivity index (χ0) is 19.1. The van der Waals surface area contributed by atoms with E-state index in [1.165, 1.54) is 0 Å². The number of carboxylic acid groups (broad SMARTS) is 1. The number of ether oxygens (including phenoxy) is 1. The van der Waals surface area contributed by atoms with Gasteiger partial charge in [0.05, 0.1) is 17.2 Å². The van der Waals surface area contributed by atoms with E-state index in [1.54, 1.807) is 49.6 Å². The first-order valence-electron chi connectivity index (χ1n) is 7.98. The van der Waals surface area contributed by atoms with E-state index >= 15 is 0 Å². The molecule has 2 aromatic rings. The van der Waals surface area contributed by atoms with Crippen LogP contribution in [0.2, 0.25) is 10.0 Å². The van der Waals surface area contributed by atoms with Gasteiger partial charge in [-0.25, -0.2) is 4.79 Å². The van der Waals surface area contributed by atoms with Crippen LogP contribution in [0.4, 0.5) is 0 Å². The standard InChI is InChI=1S/C19H19Cl2NO4/c1-26-14-6-2-13(3-7-14)11-17(19(24)25)22-18(23)9-5-12-4-8-15(20)16(21)10-12/h2-4,6-8,10,17H,5,9,11H2,1H3,(H,22,23)(H,24,25). The Morgan fingerprint density at radius 3 is 2.31 bits per heavy atom. The predicted molar refractivity (Wildman–Crippen MR) is 101 cm³/mol. The van der Waals surface area contributed by atoms with Gasteiger partial charge in [0.1, 0.15) is 11.8 Å². The number of benzene rings is 2. The lowest BCUT2D eigenvalue weighted by Gasteiger charge is -2.15. The number of amides is 1. The highest BCUT2D eigenvalue weighted by Gasteiger charge is 2.20. The molecule has 0 spiro atoms. The summed E-state index contributed by atoms with van der Waals surface area (Å²) in [5.74, 6) is -0.730. The molecule has 0 heterocycles. The zero-order valence-electron chi connectivity index (χ0n) is 14.2. The van der Waals surface area contributed by atoms with Crippen LogP contribution in [0.5, 0.6) is 5.75 Å². The Labute approximate surface area is 161 Å². The van der Waals surface area contributed by atoms with E-state index in [1.807, 2.05) is 0 Å². The molecule has 2 N–H and O–H groups in total. The topological polar surface area (TPSA) is 75.6 Å². The van der Waals surface area contributed by atoms with Gasteiger partial charge in [-0.15, -0.1) is 0 Å². The van der Waals surface area contributed by atoms with E-state index < -0.39 is 12.0 Å². The minimum absolute atomic E-state index is 0.157. The number of methoxy groups -OCH3 is 1. The quantitative estimate of drug-likeness (QED) is 0.713. The number of aryl methyl sites for hydroxylation is 1. The van der Waals surface area contributed by atoms with Crippen molar-refractivity contribution >= 4 is 35.1 Å². The third-order valence-electron chi connectivity index (χ3n) is 3.86. The average molecular weight is 396 g/mol. The number of rotatable bonds is 8. The van der Waals surface area contributed by atoms with Crippen molar-refractivity contribution in [2.75, 3.05) is 7.11 Å². The molecule has 0 aliphatic carbocycles. The van der Waals surface area contributed by atoms with Crippen molar-refractivity contribution in [3.63, 3.8) is 0 Å². The number of halogens is 2. The average Bonchev–Trinajstić information content (AvgIpc) is 2.62. The first-order valence-corrected chi connectivity index (χ1v) is 8.73. The number of carbonyl (C=O) groups is 2. The lowest BCUT2D eigenvalue weighted by Crippen LogP contribution is -2.42. The number of carbonyl (C=O) groups excluding carboxylic acids is 1. The predicted octanol–water partition coefficient (Wildman–Crippen LogP) is 3.75. The maximum absolute atomic E-state index is 12.1. The minimum atomic E-state index is -1.08. The van der Waals surface area contributed by atoms with Crippen LogP contribution in [0, 0.1) is 0 Å². The van der Waals surface area contributed by atoms with Crippen LogP contribution in [0.25, 0.3) is 0 Å². The summed E-state index contributed by atoms with van der Waals surface area (Å²) in [6.07, 6.45) is 0.791. The highest BCUT2D eigenvalue weighted by molar-refractivity contribution is 6.42. The minimum Gasteiger partial charge on any atom is -0.497 e. The van der Waals surface area contributed by atoms with Crippen LogP contribution < -0.4 is 10.1 Å². The van der Waals surface area contributed by atoms with Crippen LogP contribution in [0.1, 0.15) is 17.5 Å². The summed E-state index contributed by atoms with van der Waals surface area (Å²) in [4.78, 5) is 23.6. The van der Waals surface area contributed by atoms with Crippen LogP contribution >= 0.6 is 23.2 Å². The number of hydrogen-bond donors (Lipinski definition) is 2. The van der Waals surface area contributed by atoms with Gasteiger partial charge in [-0.3, -0.25) is 4.79 Å². The van der Waals surface area contributed by atoms with Crippen molar-refractivity contribution < 1.29 is 19.4 Å². The second-order valence-corrected chi connectivity index (χ2v) is 6.57. The number of nitrogens with one attached hydrogen (secondary N) is 1. The third kappa shape index (κ3) is 5.93. The van der Waals surface area contributed by atoms with Crippen LogP contribution in [0.15, 0.2) is 42.5 Å². The molecule has 26 heavy (non-hydrogen) atoms. The van der Waals surface area contributed by atoms with Crippen LogP contribution in [-0.2, 0) is 22.4 Å². The van der Waals surface area contributed by atoms with Gasteiger partial charge in [0.25, 0.3) is 0 Å². The molecule has 0 saturated heterocycles. The lowest BCUT2D eigenvalue weighted by molar-refractivity contribution is -0.141. The Kier molecular flexibility index (Phi) is 7.30. The molecule has 0 radical (unpaired) electrons. The largest absolute Gasteiger partial charge is 0.497 e. The van der Waals surface area contributed by atoms with Crippen molar-refractivity contribution in [3.05, 3.63) is 63.6 Å². The molecule has 0 fully saturated rings. The summed E-state index contributed by atoms with van der Waals surface area (Å²) in [6, 6.07) is 11.2. The summed E-state index contributed by atoms with van der Waals surface area (Å²) < 4.78 is 5.07. The van der Waals surface area contributed by atoms with E-state index in [9.17, 15) is 14.7 Å². The summed E-state index contributed by atoms with van der Waals surface area (Å²) in [5.41, 5.74) is 1.65. The fourth-order valence-electron chi connectivity index (χ4n) is 2.42. The summed E-state index contributed by atoms with van der Waals surface area (Å²) in [7, 11) is 1.56. The van der Waals surface area contributed by atoms with Crippen molar-refractivity contribution in [1.82, 2.24) is 5.32 Å². The molecule has 0 aliphatic rings. The molecule has 0 bridgehead atoms. The van der Waals surface area contributed by atoms with E-state index in [0.717, 1.165) is 11.1 Å². The maximum atomic E-state index is 12.1. The Morgan fingerprint density at radius 2 is 1.73 bits per heavy atom. The molecular formula is C19H19Cl2NO4. The SMILES string of the molecule is COc1ccc(CC(NC(=O)CCc2ccc(Cl)c(Cl)c2)C(=O)O)cc1. The van der Waals surface area contributed by atoms with Crippen molar-refractivity contribution in [2.24, 2.45) is 0 Å². The molecule has 1 atom stereocenters. The smallest absolute Gasteiger partial charge is 0.326 e. The fraction of sp³-hybridized carbons (Fsp3) is 0.263. The second-order valence-electron chi connectivity index (χ2n) is 5.76. The Hall–Kier alpha value is -2.24. The molecule has 7 heteroatoms. The molecule has 0 aromatic heterocycles. The molecule has 1 amide bonds. The van der Waals surface area contributed by atoms with Crippen LogP contribution in [0.3, 0.4) is 0 Å². The first kappa shape index (κ1) is 20.1. The zero-order valence-corrected chi connectivity index (χ0v) is 15.7. The normalized spacial score (nSPS) is 11.7. The fourth-order valence-corrected chi connectivity index (χ4v) is 2.74. The highest BCUT2D eigenvalue weighted by Crippen LogP contribution is 2.23. The van der Waals surface area contributed by atoms with Gasteiger partial charge < -0.3 is 15.2 Å². The monoisotopic (exact) mass is 395 g/mol. The molecule has 5 nitrogen and oxygen atoms in total. The maximum Gasteiger partial charge on any atom is 0.326 e. The van der Waals surface area contributed by atoms with Gasteiger partial charge in [0.2, 0.25) is 5.91 Å². The van der Waals surface area contributed by atoms with E-state index in [-0.39, 0.29) is 18.7 Å². The van der Waals surface area contributed by atoms with E-state index in [4.69, 9.17) is 27.9 Å². The molecule has 0 saturated carbocycles. The van der Waals surface area contributed by atoms with Gasteiger partial charge in [-0.1, -0.05) is 41.4 Å². The Morgan fingerprint density at radius 1 is 1.08 bits per heavy atom. The van der Waals surface area contributed by atoms with Gasteiger partial charge in [0.15, 0.2) is 0 Å². The Balaban J connectivity index is 1.92. The number of hydrogen-bond acceptors (Lipinski definition) is 3. The molecular weight excluding hydrogens is 377 g/mol. The lowest BCUT2D eigenvalue weighted by atomic mass is 10.0. The number of aliphatic carboxylic acids is 1. The summed E-state index contributed by atoms with van der Waals surface area (Å²) in [6.45, 7) is 0. The van der Waals surface area contributed by atoms with Crippen molar-refractivity contribution in [3.8, 4) is 5.75 Å². The number of carboxylic acids is 1. The van der Waals surface area contributed by atoms with Crippen molar-refractivity contribution in [2.45, 2.75) is 25.3 Å². The highest BCUT2D eigenvalue weighted by atomic mass is 35.5. The van der Waals surface area contributed by atoms with E-state index in [0.29, 0.717) is 22.2 Å².